The van der Waals surface area contributed by atoms with Crippen LogP contribution in [0.5, 0.6) is 0 Å². The SMILES string of the molecule is C=CCn1c(CC[NH+]2CCCCC2)nnc1S[C@H](C)C(=O)NC1CC1. The second kappa shape index (κ2) is 8.85. The summed E-state index contributed by atoms with van der Waals surface area (Å²) in [6, 6.07) is 0.393. The predicted octanol–water partition coefficient (Wildman–Crippen LogP) is 0.835. The Morgan fingerprint density at radius 3 is 2.84 bits per heavy atom. The van der Waals surface area contributed by atoms with E-state index in [9.17, 15) is 4.79 Å². The molecule has 0 bridgehead atoms. The maximum atomic E-state index is 12.2. The van der Waals surface area contributed by atoms with Crippen LogP contribution in [0.15, 0.2) is 17.8 Å². The number of aromatic nitrogens is 3. The van der Waals surface area contributed by atoms with Crippen LogP contribution in [0, 0.1) is 0 Å². The number of quaternary nitrogens is 1. The highest BCUT2D eigenvalue weighted by Crippen LogP contribution is 2.25. The number of allylic oxidation sites excluding steroid dienone is 1. The van der Waals surface area contributed by atoms with Crippen LogP contribution in [0.2, 0.25) is 0 Å². The summed E-state index contributed by atoms with van der Waals surface area (Å²) in [6.45, 7) is 10.1. The van der Waals surface area contributed by atoms with Crippen LogP contribution in [-0.2, 0) is 17.8 Å². The maximum absolute atomic E-state index is 12.2. The third-order valence-corrected chi connectivity index (χ3v) is 6.02. The fraction of sp³-hybridized carbons (Fsp3) is 0.722. The first-order valence-electron chi connectivity index (χ1n) is 9.51. The van der Waals surface area contributed by atoms with Crippen molar-refractivity contribution in [2.75, 3.05) is 19.6 Å². The molecule has 0 radical (unpaired) electrons. The zero-order valence-electron chi connectivity index (χ0n) is 15.2. The molecular weight excluding hydrogens is 334 g/mol. The van der Waals surface area contributed by atoms with Crippen LogP contribution in [0.3, 0.4) is 0 Å². The lowest BCUT2D eigenvalue weighted by molar-refractivity contribution is -0.904. The van der Waals surface area contributed by atoms with Crippen LogP contribution >= 0.6 is 11.8 Å². The van der Waals surface area contributed by atoms with Crippen molar-refractivity contribution in [3.63, 3.8) is 0 Å². The molecule has 1 aromatic heterocycles. The molecular formula is C18H30N5OS+. The molecule has 1 aliphatic heterocycles. The molecule has 7 heteroatoms. The van der Waals surface area contributed by atoms with E-state index in [0.29, 0.717) is 12.6 Å². The molecule has 0 unspecified atom stereocenters. The highest BCUT2D eigenvalue weighted by Gasteiger charge is 2.27. The first-order valence-corrected chi connectivity index (χ1v) is 10.4. The third-order valence-electron chi connectivity index (χ3n) is 4.94. The van der Waals surface area contributed by atoms with Gasteiger partial charge in [-0.15, -0.1) is 16.8 Å². The number of nitrogens with zero attached hydrogens (tertiary/aromatic N) is 3. The summed E-state index contributed by atoms with van der Waals surface area (Å²) >= 11 is 1.49. The monoisotopic (exact) mass is 364 g/mol. The molecule has 1 atom stereocenters. The van der Waals surface area contributed by atoms with Gasteiger partial charge < -0.3 is 14.8 Å². The van der Waals surface area contributed by atoms with Crippen molar-refractivity contribution < 1.29 is 9.69 Å². The van der Waals surface area contributed by atoms with Crippen molar-refractivity contribution in [2.45, 2.75) is 68.4 Å². The third kappa shape index (κ3) is 5.31. The lowest BCUT2D eigenvalue weighted by atomic mass is 10.1. The number of hydrogen-bond donors (Lipinski definition) is 2. The molecule has 1 saturated carbocycles. The molecule has 1 saturated heterocycles. The van der Waals surface area contributed by atoms with Crippen LogP contribution in [-0.4, -0.2) is 51.6 Å². The molecule has 25 heavy (non-hydrogen) atoms. The second-order valence-corrected chi connectivity index (χ2v) is 8.46. The maximum Gasteiger partial charge on any atom is 0.233 e. The first kappa shape index (κ1) is 18.5. The molecule has 1 aromatic rings. The van der Waals surface area contributed by atoms with Gasteiger partial charge in [0.2, 0.25) is 5.91 Å². The van der Waals surface area contributed by atoms with Gasteiger partial charge in [-0.2, -0.15) is 0 Å². The van der Waals surface area contributed by atoms with Gasteiger partial charge in [0, 0.05) is 12.6 Å². The van der Waals surface area contributed by atoms with Gasteiger partial charge in [-0.25, -0.2) is 0 Å². The van der Waals surface area contributed by atoms with Gasteiger partial charge in [-0.05, 0) is 39.0 Å². The Labute approximate surface area is 154 Å². The minimum atomic E-state index is -0.158. The van der Waals surface area contributed by atoms with Gasteiger partial charge in [0.25, 0.3) is 0 Å². The summed E-state index contributed by atoms with van der Waals surface area (Å²) in [7, 11) is 0. The Balaban J connectivity index is 1.59. The minimum Gasteiger partial charge on any atom is -0.352 e. The fourth-order valence-corrected chi connectivity index (χ4v) is 4.14. The molecule has 2 heterocycles. The first-order chi connectivity index (χ1) is 12.2. The van der Waals surface area contributed by atoms with Crippen molar-refractivity contribution in [3.05, 3.63) is 18.5 Å². The number of amides is 1. The van der Waals surface area contributed by atoms with Crippen molar-refractivity contribution in [1.82, 2.24) is 20.1 Å². The molecule has 2 N–H and O–H groups in total. The summed E-state index contributed by atoms with van der Waals surface area (Å²) in [4.78, 5) is 13.9. The number of piperidine rings is 1. The Bertz CT molecular complexity index is 592. The highest BCUT2D eigenvalue weighted by molar-refractivity contribution is 8.00. The Kier molecular flexibility index (Phi) is 6.53. The topological polar surface area (TPSA) is 64.2 Å². The highest BCUT2D eigenvalue weighted by atomic mass is 32.2. The molecule has 3 rings (SSSR count). The van der Waals surface area contributed by atoms with Crippen LogP contribution in [0.1, 0.15) is 44.9 Å². The summed E-state index contributed by atoms with van der Waals surface area (Å²) in [5.74, 6) is 1.11. The smallest absolute Gasteiger partial charge is 0.233 e. The number of thioether (sulfide) groups is 1. The summed E-state index contributed by atoms with van der Waals surface area (Å²) in [5.41, 5.74) is 0. The van der Waals surface area contributed by atoms with E-state index in [1.165, 1.54) is 44.1 Å². The number of nitrogens with one attached hydrogen (secondary N) is 2. The molecule has 0 aromatic carbocycles. The molecule has 1 amide bonds. The average Bonchev–Trinajstić information content (AvgIpc) is 3.36. The largest absolute Gasteiger partial charge is 0.352 e. The van der Waals surface area contributed by atoms with Gasteiger partial charge in [0.05, 0.1) is 31.3 Å². The van der Waals surface area contributed by atoms with E-state index >= 15 is 0 Å². The van der Waals surface area contributed by atoms with E-state index in [0.717, 1.165) is 36.8 Å². The zero-order valence-corrected chi connectivity index (χ0v) is 16.0. The molecule has 1 aliphatic carbocycles. The summed E-state index contributed by atoms with van der Waals surface area (Å²) < 4.78 is 2.11. The van der Waals surface area contributed by atoms with Gasteiger partial charge >= 0.3 is 0 Å². The molecule has 0 spiro atoms. The number of carbonyl (C=O) groups excluding carboxylic acids is 1. The molecule has 2 aliphatic rings. The molecule has 2 fully saturated rings. The van der Waals surface area contributed by atoms with Crippen LogP contribution in [0.25, 0.3) is 0 Å². The van der Waals surface area contributed by atoms with E-state index in [-0.39, 0.29) is 11.2 Å². The van der Waals surface area contributed by atoms with Gasteiger partial charge in [0.1, 0.15) is 5.82 Å². The van der Waals surface area contributed by atoms with Crippen LogP contribution in [0.4, 0.5) is 0 Å². The molecule has 138 valence electrons. The Hall–Kier alpha value is -1.34. The zero-order chi connectivity index (χ0) is 17.6. The van der Waals surface area contributed by atoms with Crippen molar-refractivity contribution >= 4 is 17.7 Å². The Morgan fingerprint density at radius 2 is 2.16 bits per heavy atom. The lowest BCUT2D eigenvalue weighted by Gasteiger charge is -2.23. The Morgan fingerprint density at radius 1 is 1.40 bits per heavy atom. The number of hydrogen-bond acceptors (Lipinski definition) is 4. The minimum absolute atomic E-state index is 0.0972. The number of carbonyl (C=O) groups is 1. The number of likely N-dealkylation sites (tertiary alicyclic amines) is 1. The second-order valence-electron chi connectivity index (χ2n) is 7.15. The van der Waals surface area contributed by atoms with E-state index in [1.807, 2.05) is 13.0 Å². The van der Waals surface area contributed by atoms with E-state index in [1.54, 1.807) is 4.90 Å². The fourth-order valence-electron chi connectivity index (χ4n) is 3.25. The lowest BCUT2D eigenvalue weighted by Crippen LogP contribution is -3.13. The van der Waals surface area contributed by atoms with Crippen LogP contribution < -0.4 is 10.2 Å². The summed E-state index contributed by atoms with van der Waals surface area (Å²) in [5, 5.41) is 12.5. The van der Waals surface area contributed by atoms with Gasteiger partial charge in [0.15, 0.2) is 5.16 Å². The summed E-state index contributed by atoms with van der Waals surface area (Å²) in [6.07, 6.45) is 9.07. The standard InChI is InChI=1S/C18H29N5OS/c1-3-10-23-16(9-13-22-11-5-4-6-12-22)20-21-18(23)25-14(2)17(24)19-15-7-8-15/h3,14-15H,1,4-13H2,2H3,(H,19,24)/p+1/t14-/m1/s1. The van der Waals surface area contributed by atoms with E-state index in [4.69, 9.17) is 0 Å². The molecule has 6 nitrogen and oxygen atoms in total. The normalized spacial score (nSPS) is 19.6. The van der Waals surface area contributed by atoms with E-state index < -0.39 is 0 Å². The van der Waals surface area contributed by atoms with Crippen molar-refractivity contribution in [2.24, 2.45) is 0 Å². The van der Waals surface area contributed by atoms with Gasteiger partial charge in [-0.1, -0.05) is 17.8 Å². The average molecular weight is 365 g/mol. The van der Waals surface area contributed by atoms with Gasteiger partial charge in [-0.3, -0.25) is 4.79 Å². The van der Waals surface area contributed by atoms with E-state index in [2.05, 4.69) is 26.7 Å². The quantitative estimate of drug-likeness (QED) is 0.503. The predicted molar refractivity (Wildman–Crippen MR) is 99.8 cm³/mol. The van der Waals surface area contributed by atoms with Crippen molar-refractivity contribution in [3.8, 4) is 0 Å². The number of rotatable bonds is 9. The van der Waals surface area contributed by atoms with Crippen molar-refractivity contribution in [1.29, 1.82) is 0 Å².